The number of amides is 1. The molecule has 3 aliphatic rings. The van der Waals surface area contributed by atoms with E-state index in [1.165, 1.54) is 6.42 Å². The van der Waals surface area contributed by atoms with Gasteiger partial charge in [-0.15, -0.1) is 5.10 Å². The minimum Gasteiger partial charge on any atom is -0.376 e. The van der Waals surface area contributed by atoms with Gasteiger partial charge in [0.1, 0.15) is 0 Å². The molecule has 3 N–H and O–H groups in total. The van der Waals surface area contributed by atoms with Crippen LogP contribution < -0.4 is 5.73 Å². The lowest BCUT2D eigenvalue weighted by Gasteiger charge is -2.38. The standard InChI is InChI=1S/C23H36N6O2/c1-15-6-9-18(20(12-15)22-25-27-28-26-22)14-31-13-16-7-10-17(11-8-16)21(24)23(30)29(2)19-4-3-5-19/h6,9,15-17,19,21H,3-5,7-8,10-14,24H2,1-2H3,(H,25,26,27,28)/t15?,16?,17?,21-/m0/s1. The fourth-order valence-electron chi connectivity index (χ4n) is 5.01. The van der Waals surface area contributed by atoms with E-state index in [0.717, 1.165) is 68.5 Å². The van der Waals surface area contributed by atoms with Gasteiger partial charge >= 0.3 is 0 Å². The molecule has 3 aliphatic carbocycles. The topological polar surface area (TPSA) is 110 Å². The van der Waals surface area contributed by atoms with Crippen LogP contribution in [0.4, 0.5) is 0 Å². The van der Waals surface area contributed by atoms with Gasteiger partial charge in [0.05, 0.1) is 12.6 Å². The quantitative estimate of drug-likeness (QED) is 0.659. The van der Waals surface area contributed by atoms with E-state index in [9.17, 15) is 4.79 Å². The third kappa shape index (κ3) is 5.23. The molecule has 0 radical (unpaired) electrons. The molecule has 0 aromatic carbocycles. The molecule has 0 spiro atoms. The fourth-order valence-corrected chi connectivity index (χ4v) is 5.01. The van der Waals surface area contributed by atoms with Crippen molar-refractivity contribution >= 4 is 11.5 Å². The molecule has 1 aromatic heterocycles. The minimum absolute atomic E-state index is 0.129. The molecular weight excluding hydrogens is 392 g/mol. The molecule has 4 rings (SSSR count). The molecule has 0 bridgehead atoms. The highest BCUT2D eigenvalue weighted by molar-refractivity contribution is 5.82. The summed E-state index contributed by atoms with van der Waals surface area (Å²) in [4.78, 5) is 14.6. The van der Waals surface area contributed by atoms with Crippen molar-refractivity contribution in [2.24, 2.45) is 23.5 Å². The maximum absolute atomic E-state index is 12.7. The van der Waals surface area contributed by atoms with Crippen LogP contribution in [0, 0.1) is 17.8 Å². The monoisotopic (exact) mass is 428 g/mol. The summed E-state index contributed by atoms with van der Waals surface area (Å²) in [5.74, 6) is 2.16. The largest absolute Gasteiger partial charge is 0.376 e. The van der Waals surface area contributed by atoms with E-state index < -0.39 is 0 Å². The predicted molar refractivity (Wildman–Crippen MR) is 119 cm³/mol. The first-order valence-electron chi connectivity index (χ1n) is 11.8. The third-order valence-electron chi connectivity index (χ3n) is 7.44. The lowest BCUT2D eigenvalue weighted by molar-refractivity contribution is -0.136. The number of rotatable bonds is 8. The van der Waals surface area contributed by atoms with E-state index in [0.29, 0.717) is 30.4 Å². The molecule has 31 heavy (non-hydrogen) atoms. The number of nitrogens with two attached hydrogens (primary N) is 1. The number of tetrazole rings is 1. The van der Waals surface area contributed by atoms with E-state index in [1.54, 1.807) is 0 Å². The predicted octanol–water partition coefficient (Wildman–Crippen LogP) is 2.71. The summed E-state index contributed by atoms with van der Waals surface area (Å²) in [5, 5.41) is 14.4. The van der Waals surface area contributed by atoms with Crippen molar-refractivity contribution in [3.8, 4) is 0 Å². The first-order valence-corrected chi connectivity index (χ1v) is 11.8. The highest BCUT2D eigenvalue weighted by atomic mass is 16.5. The van der Waals surface area contributed by atoms with Gasteiger partial charge in [-0.25, -0.2) is 5.10 Å². The molecule has 8 heteroatoms. The van der Waals surface area contributed by atoms with Gasteiger partial charge in [-0.1, -0.05) is 19.1 Å². The number of carbonyl (C=O) groups is 1. The smallest absolute Gasteiger partial charge is 0.239 e. The first kappa shape index (κ1) is 22.1. The average Bonchev–Trinajstić information content (AvgIpc) is 3.27. The van der Waals surface area contributed by atoms with Crippen molar-refractivity contribution in [2.45, 2.75) is 70.4 Å². The molecule has 2 atom stereocenters. The van der Waals surface area contributed by atoms with E-state index in [2.05, 4.69) is 39.7 Å². The summed E-state index contributed by atoms with van der Waals surface area (Å²) >= 11 is 0. The Labute approximate surface area is 184 Å². The molecule has 2 fully saturated rings. The second-order valence-corrected chi connectivity index (χ2v) is 9.65. The van der Waals surface area contributed by atoms with Gasteiger partial charge in [0.25, 0.3) is 0 Å². The van der Waals surface area contributed by atoms with Crippen LogP contribution in [0.15, 0.2) is 17.7 Å². The molecule has 0 aliphatic heterocycles. The number of H-pyrrole nitrogens is 1. The van der Waals surface area contributed by atoms with Crippen LogP contribution in [0.3, 0.4) is 0 Å². The normalized spacial score (nSPS) is 27.8. The molecule has 1 heterocycles. The summed E-state index contributed by atoms with van der Waals surface area (Å²) in [6.07, 6.45) is 12.9. The molecule has 170 valence electrons. The zero-order valence-corrected chi connectivity index (χ0v) is 18.8. The SMILES string of the molecule is CC1C=CC(COCC2CCC([C@H](N)C(=O)N(C)C3CCC3)CC2)=C(c2nnn[nH]2)C1. The number of likely N-dealkylation sites (N-methyl/N-ethyl adjacent to an activating group) is 1. The van der Waals surface area contributed by atoms with Crippen LogP contribution in [-0.2, 0) is 9.53 Å². The lowest BCUT2D eigenvalue weighted by atomic mass is 9.78. The number of aromatic amines is 1. The number of hydrogen-bond acceptors (Lipinski definition) is 6. The molecule has 1 aromatic rings. The van der Waals surface area contributed by atoms with E-state index in [1.807, 2.05) is 11.9 Å². The maximum Gasteiger partial charge on any atom is 0.239 e. The Morgan fingerprint density at radius 1 is 1.29 bits per heavy atom. The molecule has 0 saturated heterocycles. The van der Waals surface area contributed by atoms with Crippen molar-refractivity contribution < 1.29 is 9.53 Å². The summed E-state index contributed by atoms with van der Waals surface area (Å²) in [5.41, 5.74) is 8.66. The summed E-state index contributed by atoms with van der Waals surface area (Å²) in [7, 11) is 1.92. The Morgan fingerprint density at radius 2 is 2.06 bits per heavy atom. The zero-order chi connectivity index (χ0) is 21.8. The van der Waals surface area contributed by atoms with Gasteiger partial charge in [-0.3, -0.25) is 4.79 Å². The van der Waals surface area contributed by atoms with Crippen molar-refractivity contribution in [2.75, 3.05) is 20.3 Å². The molecule has 8 nitrogen and oxygen atoms in total. The second kappa shape index (κ2) is 10.0. The average molecular weight is 429 g/mol. The Morgan fingerprint density at radius 3 is 2.71 bits per heavy atom. The Balaban J connectivity index is 1.23. The maximum atomic E-state index is 12.7. The van der Waals surface area contributed by atoms with Crippen molar-refractivity contribution in [3.63, 3.8) is 0 Å². The van der Waals surface area contributed by atoms with Crippen LogP contribution in [0.2, 0.25) is 0 Å². The van der Waals surface area contributed by atoms with Gasteiger partial charge in [-0.05, 0) is 85.1 Å². The van der Waals surface area contributed by atoms with E-state index >= 15 is 0 Å². The summed E-state index contributed by atoms with van der Waals surface area (Å²) < 4.78 is 6.11. The van der Waals surface area contributed by atoms with Gasteiger partial charge < -0.3 is 15.4 Å². The molecule has 1 amide bonds. The van der Waals surface area contributed by atoms with E-state index in [4.69, 9.17) is 10.5 Å². The van der Waals surface area contributed by atoms with Crippen LogP contribution in [0.25, 0.3) is 5.57 Å². The summed E-state index contributed by atoms with van der Waals surface area (Å²) in [6, 6.07) is 0.0529. The van der Waals surface area contributed by atoms with Crippen LogP contribution >= 0.6 is 0 Å². The number of aromatic nitrogens is 4. The number of allylic oxidation sites excluding steroid dienone is 2. The number of carbonyl (C=O) groups excluding carboxylic acids is 1. The van der Waals surface area contributed by atoms with Gasteiger partial charge in [0.15, 0.2) is 5.82 Å². The van der Waals surface area contributed by atoms with Gasteiger partial charge in [-0.2, -0.15) is 0 Å². The molecule has 1 unspecified atom stereocenters. The highest BCUT2D eigenvalue weighted by Gasteiger charge is 2.34. The van der Waals surface area contributed by atoms with E-state index in [-0.39, 0.29) is 11.9 Å². The zero-order valence-electron chi connectivity index (χ0n) is 18.8. The van der Waals surface area contributed by atoms with Crippen molar-refractivity contribution in [1.29, 1.82) is 0 Å². The van der Waals surface area contributed by atoms with Crippen molar-refractivity contribution in [1.82, 2.24) is 25.5 Å². The fraction of sp³-hybridized carbons (Fsp3) is 0.739. The molecule has 2 saturated carbocycles. The van der Waals surface area contributed by atoms with Gasteiger partial charge in [0.2, 0.25) is 5.91 Å². The first-order chi connectivity index (χ1) is 15.0. The Kier molecular flexibility index (Phi) is 7.17. The Hall–Kier alpha value is -2.06. The number of nitrogens with one attached hydrogen (secondary N) is 1. The minimum atomic E-state index is -0.356. The van der Waals surface area contributed by atoms with Gasteiger partial charge in [0, 0.05) is 25.3 Å². The van der Waals surface area contributed by atoms with Crippen molar-refractivity contribution in [3.05, 3.63) is 23.5 Å². The number of ether oxygens (including phenoxy) is 1. The van der Waals surface area contributed by atoms with Crippen LogP contribution in [0.1, 0.15) is 64.1 Å². The summed E-state index contributed by atoms with van der Waals surface area (Å²) in [6.45, 7) is 3.51. The Bertz CT molecular complexity index is 793. The van der Waals surface area contributed by atoms with Crippen LogP contribution in [0.5, 0.6) is 0 Å². The highest BCUT2D eigenvalue weighted by Crippen LogP contribution is 2.33. The number of nitrogens with zero attached hydrogens (tertiary/aromatic N) is 4. The molecular formula is C23H36N6O2. The van der Waals surface area contributed by atoms with Crippen LogP contribution in [-0.4, -0.2) is 63.8 Å². The lowest BCUT2D eigenvalue weighted by Crippen LogP contribution is -2.52. The second-order valence-electron chi connectivity index (χ2n) is 9.65. The number of hydrogen-bond donors (Lipinski definition) is 2. The third-order valence-corrected chi connectivity index (χ3v) is 7.44.